The zero-order chi connectivity index (χ0) is 11.6. The molecule has 0 aromatic carbocycles. The second-order valence-electron chi connectivity index (χ2n) is 5.66. The molecule has 3 nitrogen and oxygen atoms in total. The van der Waals surface area contributed by atoms with Crippen molar-refractivity contribution in [3.8, 4) is 0 Å². The van der Waals surface area contributed by atoms with Crippen molar-refractivity contribution in [3.63, 3.8) is 0 Å². The van der Waals surface area contributed by atoms with Gasteiger partial charge < -0.3 is 15.7 Å². The van der Waals surface area contributed by atoms with Gasteiger partial charge in [-0.3, -0.25) is 0 Å². The zero-order valence-corrected chi connectivity index (χ0v) is 10.5. The molecule has 3 heteroatoms. The highest BCUT2D eigenvalue weighted by Gasteiger charge is 2.28. The number of hydrogen-bond donors (Lipinski definition) is 2. The molecule has 2 unspecified atom stereocenters. The van der Waals surface area contributed by atoms with Gasteiger partial charge in [0.15, 0.2) is 0 Å². The van der Waals surface area contributed by atoms with E-state index in [1.54, 1.807) is 6.92 Å². The Morgan fingerprint density at radius 2 is 1.71 bits per heavy atom. The predicted octanol–water partition coefficient (Wildman–Crippen LogP) is 1.06. The largest absolute Gasteiger partial charge is 0.388 e. The minimum absolute atomic E-state index is 0.222. The molecule has 3 N–H and O–H groups in total. The Bertz CT molecular complexity index is 173. The molecule has 0 heterocycles. The predicted molar refractivity (Wildman–Crippen MR) is 61.2 cm³/mol. The van der Waals surface area contributed by atoms with E-state index in [0.29, 0.717) is 19.1 Å². The molecule has 2 atom stereocenters. The fourth-order valence-corrected chi connectivity index (χ4v) is 1.40. The van der Waals surface area contributed by atoms with E-state index in [0.717, 1.165) is 0 Å². The first kappa shape index (κ1) is 13.9. The maximum absolute atomic E-state index is 9.84. The Kier molecular flexibility index (Phi) is 4.56. The minimum Gasteiger partial charge on any atom is -0.388 e. The van der Waals surface area contributed by atoms with Crippen LogP contribution in [-0.4, -0.2) is 41.8 Å². The van der Waals surface area contributed by atoms with Crippen molar-refractivity contribution < 1.29 is 5.11 Å². The monoisotopic (exact) mass is 202 g/mol. The Labute approximate surface area is 88.3 Å². The van der Waals surface area contributed by atoms with Gasteiger partial charge in [-0.05, 0) is 26.3 Å². The molecule has 86 valence electrons. The lowest BCUT2D eigenvalue weighted by Gasteiger charge is -2.38. The SMILES string of the molecule is CC(N(C)CC(C)(O)CN)C(C)(C)C. The van der Waals surface area contributed by atoms with Crippen LogP contribution in [0.15, 0.2) is 0 Å². The first-order chi connectivity index (χ1) is 6.10. The summed E-state index contributed by atoms with van der Waals surface area (Å²) in [4.78, 5) is 2.16. The Hall–Kier alpha value is -0.120. The Morgan fingerprint density at radius 1 is 1.29 bits per heavy atom. The first-order valence-electron chi connectivity index (χ1n) is 5.23. The molecule has 0 fully saturated rings. The van der Waals surface area contributed by atoms with E-state index in [1.165, 1.54) is 0 Å². The summed E-state index contributed by atoms with van der Waals surface area (Å²) in [6.07, 6.45) is 0. The van der Waals surface area contributed by atoms with Crippen LogP contribution in [0.5, 0.6) is 0 Å². The summed E-state index contributed by atoms with van der Waals surface area (Å²) in [6.45, 7) is 11.5. The molecule has 14 heavy (non-hydrogen) atoms. The van der Waals surface area contributed by atoms with Crippen molar-refractivity contribution in [3.05, 3.63) is 0 Å². The molecule has 0 aliphatic rings. The molecule has 0 radical (unpaired) electrons. The van der Waals surface area contributed by atoms with Gasteiger partial charge in [-0.25, -0.2) is 0 Å². The summed E-state index contributed by atoms with van der Waals surface area (Å²) in [7, 11) is 2.03. The molecule has 0 saturated carbocycles. The van der Waals surface area contributed by atoms with Crippen LogP contribution in [0.2, 0.25) is 0 Å². The summed E-state index contributed by atoms with van der Waals surface area (Å²) < 4.78 is 0. The lowest BCUT2D eigenvalue weighted by molar-refractivity contribution is 0.00820. The van der Waals surface area contributed by atoms with Crippen LogP contribution in [0.3, 0.4) is 0 Å². The van der Waals surface area contributed by atoms with E-state index < -0.39 is 5.60 Å². The third-order valence-electron chi connectivity index (χ3n) is 2.94. The van der Waals surface area contributed by atoms with E-state index in [9.17, 15) is 5.11 Å². The number of aliphatic hydroxyl groups is 1. The summed E-state index contributed by atoms with van der Waals surface area (Å²) in [5.74, 6) is 0. The van der Waals surface area contributed by atoms with Crippen molar-refractivity contribution in [1.29, 1.82) is 0 Å². The molecule has 0 aromatic heterocycles. The van der Waals surface area contributed by atoms with Gasteiger partial charge in [0, 0.05) is 19.1 Å². The molecule has 0 saturated heterocycles. The lowest BCUT2D eigenvalue weighted by Crippen LogP contribution is -2.50. The average Bonchev–Trinajstić information content (AvgIpc) is 2.00. The van der Waals surface area contributed by atoms with Crippen LogP contribution in [-0.2, 0) is 0 Å². The maximum Gasteiger partial charge on any atom is 0.0867 e. The first-order valence-corrected chi connectivity index (χ1v) is 5.23. The van der Waals surface area contributed by atoms with Gasteiger partial charge in [0.25, 0.3) is 0 Å². The van der Waals surface area contributed by atoms with E-state index >= 15 is 0 Å². The van der Waals surface area contributed by atoms with Crippen molar-refractivity contribution in [2.45, 2.75) is 46.3 Å². The van der Waals surface area contributed by atoms with Crippen molar-refractivity contribution in [2.24, 2.45) is 11.1 Å². The van der Waals surface area contributed by atoms with Crippen LogP contribution < -0.4 is 5.73 Å². The normalized spacial score (nSPS) is 19.5. The average molecular weight is 202 g/mol. The van der Waals surface area contributed by atoms with Gasteiger partial charge in [-0.1, -0.05) is 20.8 Å². The Balaban J connectivity index is 4.28. The van der Waals surface area contributed by atoms with Gasteiger partial charge in [0.1, 0.15) is 0 Å². The molecule has 0 aliphatic carbocycles. The molecule has 0 aromatic rings. The number of rotatable bonds is 4. The third kappa shape index (κ3) is 4.40. The van der Waals surface area contributed by atoms with E-state index in [1.807, 2.05) is 7.05 Å². The molecule has 0 bridgehead atoms. The highest BCUT2D eigenvalue weighted by molar-refractivity contribution is 4.83. The third-order valence-corrected chi connectivity index (χ3v) is 2.94. The number of hydrogen-bond acceptors (Lipinski definition) is 3. The zero-order valence-electron chi connectivity index (χ0n) is 10.5. The van der Waals surface area contributed by atoms with Gasteiger partial charge in [-0.2, -0.15) is 0 Å². The smallest absolute Gasteiger partial charge is 0.0867 e. The van der Waals surface area contributed by atoms with Gasteiger partial charge in [0.2, 0.25) is 0 Å². The quantitative estimate of drug-likeness (QED) is 0.717. The molecular formula is C11H26N2O. The fourth-order valence-electron chi connectivity index (χ4n) is 1.40. The maximum atomic E-state index is 9.84. The van der Waals surface area contributed by atoms with E-state index in [-0.39, 0.29) is 5.41 Å². The summed E-state index contributed by atoms with van der Waals surface area (Å²) >= 11 is 0. The van der Waals surface area contributed by atoms with Crippen LogP contribution >= 0.6 is 0 Å². The second-order valence-corrected chi connectivity index (χ2v) is 5.66. The van der Waals surface area contributed by atoms with Gasteiger partial charge >= 0.3 is 0 Å². The van der Waals surface area contributed by atoms with Crippen LogP contribution in [0.1, 0.15) is 34.6 Å². The number of nitrogens with two attached hydrogens (primary N) is 1. The van der Waals surface area contributed by atoms with Gasteiger partial charge in [-0.15, -0.1) is 0 Å². The standard InChI is InChI=1S/C11H26N2O/c1-9(10(2,3)4)13(6)8-11(5,14)7-12/h9,14H,7-8,12H2,1-6H3. The Morgan fingerprint density at radius 3 is 2.00 bits per heavy atom. The molecule has 0 aliphatic heterocycles. The van der Waals surface area contributed by atoms with Crippen LogP contribution in [0.25, 0.3) is 0 Å². The molecule has 0 rings (SSSR count). The molecule has 0 spiro atoms. The van der Waals surface area contributed by atoms with Gasteiger partial charge in [0.05, 0.1) is 5.60 Å². The van der Waals surface area contributed by atoms with Crippen molar-refractivity contribution in [1.82, 2.24) is 4.90 Å². The van der Waals surface area contributed by atoms with E-state index in [4.69, 9.17) is 5.73 Å². The highest BCUT2D eigenvalue weighted by atomic mass is 16.3. The summed E-state index contributed by atoms with van der Waals surface area (Å²) in [5.41, 5.74) is 4.93. The number of likely N-dealkylation sites (N-methyl/N-ethyl adjacent to an activating group) is 1. The highest BCUT2D eigenvalue weighted by Crippen LogP contribution is 2.23. The summed E-state index contributed by atoms with van der Waals surface area (Å²) in [6, 6.07) is 0.417. The summed E-state index contributed by atoms with van der Waals surface area (Å²) in [5, 5.41) is 9.84. The van der Waals surface area contributed by atoms with Crippen LogP contribution in [0, 0.1) is 5.41 Å². The topological polar surface area (TPSA) is 49.5 Å². The fraction of sp³-hybridized carbons (Fsp3) is 1.00. The second kappa shape index (κ2) is 4.60. The molecular weight excluding hydrogens is 176 g/mol. The van der Waals surface area contributed by atoms with Crippen molar-refractivity contribution in [2.75, 3.05) is 20.1 Å². The lowest BCUT2D eigenvalue weighted by atomic mass is 9.86. The minimum atomic E-state index is -0.783. The van der Waals surface area contributed by atoms with Crippen LogP contribution in [0.4, 0.5) is 0 Å². The van der Waals surface area contributed by atoms with Crippen molar-refractivity contribution >= 4 is 0 Å². The van der Waals surface area contributed by atoms with E-state index in [2.05, 4.69) is 32.6 Å². The number of nitrogens with zero attached hydrogens (tertiary/aromatic N) is 1. The molecule has 0 amide bonds.